The normalized spacial score (nSPS) is 16.0. The minimum absolute atomic E-state index is 0.121. The maximum absolute atomic E-state index is 12.3. The number of oxime groups is 1. The van der Waals surface area contributed by atoms with Gasteiger partial charge in [-0.3, -0.25) is 4.79 Å². The smallest absolute Gasteiger partial charge is 0.215 e. The molecule has 3 nitrogen and oxygen atoms in total. The zero-order valence-electron chi connectivity index (χ0n) is 9.63. The SMILES string of the molecule is O=C1/C(=N\O)c2ccccc2Cc2ccccc21. The van der Waals surface area contributed by atoms with Crippen molar-refractivity contribution in [2.24, 2.45) is 5.16 Å². The Morgan fingerprint density at radius 2 is 1.44 bits per heavy atom. The zero-order valence-corrected chi connectivity index (χ0v) is 9.63. The van der Waals surface area contributed by atoms with Crippen LogP contribution in [0.4, 0.5) is 0 Å². The van der Waals surface area contributed by atoms with Gasteiger partial charge in [0.2, 0.25) is 5.78 Å². The molecule has 1 aliphatic rings. The number of ketones is 1. The van der Waals surface area contributed by atoms with Crippen molar-refractivity contribution in [1.29, 1.82) is 0 Å². The molecule has 0 aromatic heterocycles. The third-order valence-electron chi connectivity index (χ3n) is 3.23. The van der Waals surface area contributed by atoms with Crippen LogP contribution in [0.2, 0.25) is 0 Å². The first-order chi connectivity index (χ1) is 8.81. The van der Waals surface area contributed by atoms with Crippen LogP contribution < -0.4 is 0 Å². The van der Waals surface area contributed by atoms with E-state index in [1.807, 2.05) is 42.5 Å². The Morgan fingerprint density at radius 3 is 2.11 bits per heavy atom. The second-order valence-corrected chi connectivity index (χ2v) is 4.27. The summed E-state index contributed by atoms with van der Waals surface area (Å²) in [6.45, 7) is 0. The lowest BCUT2D eigenvalue weighted by molar-refractivity contribution is 0.106. The van der Waals surface area contributed by atoms with Gasteiger partial charge in [-0.2, -0.15) is 0 Å². The summed E-state index contributed by atoms with van der Waals surface area (Å²) in [5.74, 6) is -0.224. The first-order valence-corrected chi connectivity index (χ1v) is 5.74. The van der Waals surface area contributed by atoms with Crippen LogP contribution in [0.5, 0.6) is 0 Å². The average molecular weight is 237 g/mol. The summed E-state index contributed by atoms with van der Waals surface area (Å²) >= 11 is 0. The second kappa shape index (κ2) is 4.11. The van der Waals surface area contributed by atoms with Gasteiger partial charge in [0.1, 0.15) is 0 Å². The fraction of sp³-hybridized carbons (Fsp3) is 0.0667. The zero-order chi connectivity index (χ0) is 12.5. The molecule has 0 atom stereocenters. The molecule has 0 fully saturated rings. The molecule has 0 spiro atoms. The Kier molecular flexibility index (Phi) is 2.45. The highest BCUT2D eigenvalue weighted by molar-refractivity contribution is 6.52. The fourth-order valence-corrected chi connectivity index (χ4v) is 2.36. The fourth-order valence-electron chi connectivity index (χ4n) is 2.36. The molecular weight excluding hydrogens is 226 g/mol. The van der Waals surface area contributed by atoms with E-state index in [4.69, 9.17) is 5.21 Å². The lowest BCUT2D eigenvalue weighted by atomic mass is 10.0. The Morgan fingerprint density at radius 1 is 0.889 bits per heavy atom. The highest BCUT2D eigenvalue weighted by atomic mass is 16.4. The van der Waals surface area contributed by atoms with Gasteiger partial charge in [-0.15, -0.1) is 0 Å². The van der Waals surface area contributed by atoms with E-state index < -0.39 is 0 Å². The van der Waals surface area contributed by atoms with E-state index in [0.717, 1.165) is 11.1 Å². The molecule has 2 aromatic carbocycles. The lowest BCUT2D eigenvalue weighted by Crippen LogP contribution is -2.15. The topological polar surface area (TPSA) is 49.7 Å². The number of benzene rings is 2. The molecule has 3 heteroatoms. The van der Waals surface area contributed by atoms with Crippen LogP contribution in [-0.2, 0) is 6.42 Å². The minimum atomic E-state index is -0.224. The van der Waals surface area contributed by atoms with Gasteiger partial charge in [0, 0.05) is 11.1 Å². The van der Waals surface area contributed by atoms with Crippen LogP contribution in [0.3, 0.4) is 0 Å². The number of carbonyl (C=O) groups is 1. The summed E-state index contributed by atoms with van der Waals surface area (Å²) in [6, 6.07) is 15.0. The predicted octanol–water partition coefficient (Wildman–Crippen LogP) is 2.65. The molecule has 0 heterocycles. The van der Waals surface area contributed by atoms with Crippen LogP contribution in [0.25, 0.3) is 0 Å². The first-order valence-electron chi connectivity index (χ1n) is 5.74. The summed E-state index contributed by atoms with van der Waals surface area (Å²) in [4.78, 5) is 12.3. The van der Waals surface area contributed by atoms with Gasteiger partial charge in [-0.05, 0) is 17.5 Å². The molecule has 0 unspecified atom stereocenters. The van der Waals surface area contributed by atoms with Crippen LogP contribution >= 0.6 is 0 Å². The van der Waals surface area contributed by atoms with Gasteiger partial charge < -0.3 is 5.21 Å². The molecule has 1 N–H and O–H groups in total. The number of hydrogen-bond donors (Lipinski definition) is 1. The third kappa shape index (κ3) is 1.52. The highest BCUT2D eigenvalue weighted by Gasteiger charge is 2.25. The summed E-state index contributed by atoms with van der Waals surface area (Å²) in [6.07, 6.45) is 0.678. The maximum atomic E-state index is 12.3. The molecule has 0 bridgehead atoms. The van der Waals surface area contributed by atoms with Crippen molar-refractivity contribution >= 4 is 11.5 Å². The molecule has 0 radical (unpaired) electrons. The van der Waals surface area contributed by atoms with Gasteiger partial charge in [0.15, 0.2) is 5.71 Å². The van der Waals surface area contributed by atoms with E-state index in [0.29, 0.717) is 17.5 Å². The average Bonchev–Trinajstić information content (AvgIpc) is 2.53. The van der Waals surface area contributed by atoms with Crippen molar-refractivity contribution in [2.75, 3.05) is 0 Å². The number of Topliss-reactive ketones (excluding diaryl/α,β-unsaturated/α-hetero) is 1. The summed E-state index contributed by atoms with van der Waals surface area (Å²) < 4.78 is 0. The first kappa shape index (κ1) is 10.7. The van der Waals surface area contributed by atoms with E-state index in [-0.39, 0.29) is 11.5 Å². The predicted molar refractivity (Wildman–Crippen MR) is 68.3 cm³/mol. The van der Waals surface area contributed by atoms with Crippen LogP contribution in [-0.4, -0.2) is 16.7 Å². The van der Waals surface area contributed by atoms with Crippen LogP contribution in [0.15, 0.2) is 53.7 Å². The van der Waals surface area contributed by atoms with Gasteiger partial charge in [0.05, 0.1) is 0 Å². The molecular formula is C15H11NO2. The second-order valence-electron chi connectivity index (χ2n) is 4.27. The quantitative estimate of drug-likeness (QED) is 0.565. The Balaban J connectivity index is 2.30. The number of fused-ring (bicyclic) bond motifs is 2. The monoisotopic (exact) mass is 237 g/mol. The van der Waals surface area contributed by atoms with Crippen molar-refractivity contribution in [2.45, 2.75) is 6.42 Å². The van der Waals surface area contributed by atoms with Crippen LogP contribution in [0, 0.1) is 0 Å². The molecule has 0 amide bonds. The van der Waals surface area contributed by atoms with Gasteiger partial charge in [-0.1, -0.05) is 53.7 Å². The van der Waals surface area contributed by atoms with Gasteiger partial charge >= 0.3 is 0 Å². The Hall–Kier alpha value is -2.42. The minimum Gasteiger partial charge on any atom is -0.410 e. The molecule has 0 saturated carbocycles. The van der Waals surface area contributed by atoms with Gasteiger partial charge in [-0.25, -0.2) is 0 Å². The Bertz CT molecular complexity index is 659. The summed E-state index contributed by atoms with van der Waals surface area (Å²) in [7, 11) is 0. The summed E-state index contributed by atoms with van der Waals surface area (Å²) in [5.41, 5.74) is 3.41. The van der Waals surface area contributed by atoms with E-state index in [1.165, 1.54) is 0 Å². The van der Waals surface area contributed by atoms with Gasteiger partial charge in [0.25, 0.3) is 0 Å². The third-order valence-corrected chi connectivity index (χ3v) is 3.23. The van der Waals surface area contributed by atoms with E-state index >= 15 is 0 Å². The summed E-state index contributed by atoms with van der Waals surface area (Å²) in [5, 5.41) is 12.3. The molecule has 88 valence electrons. The van der Waals surface area contributed by atoms with Crippen molar-refractivity contribution in [3.63, 3.8) is 0 Å². The molecule has 0 saturated heterocycles. The largest absolute Gasteiger partial charge is 0.410 e. The molecule has 18 heavy (non-hydrogen) atoms. The lowest BCUT2D eigenvalue weighted by Gasteiger charge is -2.04. The molecule has 2 aromatic rings. The highest BCUT2D eigenvalue weighted by Crippen LogP contribution is 2.24. The van der Waals surface area contributed by atoms with Crippen molar-refractivity contribution in [1.82, 2.24) is 0 Å². The molecule has 1 aliphatic carbocycles. The van der Waals surface area contributed by atoms with Crippen LogP contribution in [0.1, 0.15) is 27.0 Å². The van der Waals surface area contributed by atoms with Crippen molar-refractivity contribution < 1.29 is 10.0 Å². The standard InChI is InChI=1S/C15H11NO2/c17-15-13-8-4-2-6-11(13)9-10-5-1-3-7-12(10)14(15)16-18/h1-8,18H,9H2/b16-14-. The number of carbonyl (C=O) groups excluding carboxylic acids is 1. The van der Waals surface area contributed by atoms with E-state index in [1.54, 1.807) is 6.07 Å². The van der Waals surface area contributed by atoms with E-state index in [2.05, 4.69) is 5.16 Å². The number of hydrogen-bond acceptors (Lipinski definition) is 3. The van der Waals surface area contributed by atoms with E-state index in [9.17, 15) is 4.79 Å². The molecule has 0 aliphatic heterocycles. The van der Waals surface area contributed by atoms with Crippen molar-refractivity contribution in [3.05, 3.63) is 70.8 Å². The number of nitrogens with zero attached hydrogens (tertiary/aromatic N) is 1. The van der Waals surface area contributed by atoms with Crippen molar-refractivity contribution in [3.8, 4) is 0 Å². The Labute approximate surface area is 104 Å². The number of rotatable bonds is 0. The molecule has 3 rings (SSSR count). The maximum Gasteiger partial charge on any atom is 0.215 e.